The maximum atomic E-state index is 13.1. The fraction of sp³-hybridized carbons (Fsp3) is 0.640. The van der Waals surface area contributed by atoms with Crippen molar-refractivity contribution in [3.8, 4) is 0 Å². The first-order valence-corrected chi connectivity index (χ1v) is 11.5. The lowest BCUT2D eigenvalue weighted by Gasteiger charge is -2.57. The maximum Gasteiger partial charge on any atom is 0.341 e. The minimum absolute atomic E-state index is 0.0944. The van der Waals surface area contributed by atoms with E-state index in [2.05, 4.69) is 6.58 Å². The SMILES string of the molecule is C=C1C(=O)OC2C1C(OC(=O)C1(C)OC1C)C(OC(=O)C(C)=CC)C1(C)C(O)C(O)C=C(C)C21. The lowest BCUT2D eigenvalue weighted by molar-refractivity contribution is -0.238. The van der Waals surface area contributed by atoms with Gasteiger partial charge in [0.1, 0.15) is 18.3 Å². The summed E-state index contributed by atoms with van der Waals surface area (Å²) in [6, 6.07) is 0. The molecule has 1 saturated carbocycles. The molecule has 10 atom stereocenters. The number of carbonyl (C=O) groups excluding carboxylic acids is 3. The van der Waals surface area contributed by atoms with Crippen molar-refractivity contribution in [3.63, 3.8) is 0 Å². The highest BCUT2D eigenvalue weighted by atomic mass is 16.7. The minimum Gasteiger partial charge on any atom is -0.458 e. The number of rotatable bonds is 4. The molecule has 186 valence electrons. The van der Waals surface area contributed by atoms with Crippen LogP contribution in [0.3, 0.4) is 0 Å². The highest BCUT2D eigenvalue weighted by molar-refractivity contribution is 5.92. The summed E-state index contributed by atoms with van der Waals surface area (Å²) in [5.74, 6) is -3.43. The van der Waals surface area contributed by atoms with Gasteiger partial charge in [0.25, 0.3) is 0 Å². The van der Waals surface area contributed by atoms with Crippen LogP contribution < -0.4 is 0 Å². The molecule has 9 heteroatoms. The van der Waals surface area contributed by atoms with Crippen molar-refractivity contribution in [2.24, 2.45) is 17.3 Å². The Hall–Kier alpha value is -2.49. The van der Waals surface area contributed by atoms with E-state index in [1.165, 1.54) is 6.08 Å². The molecule has 0 aromatic heterocycles. The van der Waals surface area contributed by atoms with E-state index in [4.69, 9.17) is 18.9 Å². The second-order valence-corrected chi connectivity index (χ2v) is 10.1. The molecule has 4 aliphatic rings. The first kappa shape index (κ1) is 24.6. The number of aliphatic hydroxyl groups excluding tert-OH is 2. The Balaban J connectivity index is 1.86. The molecule has 3 fully saturated rings. The Morgan fingerprint density at radius 3 is 2.41 bits per heavy atom. The lowest BCUT2D eigenvalue weighted by Crippen LogP contribution is -2.69. The molecule has 0 aromatic rings. The van der Waals surface area contributed by atoms with Crippen LogP contribution in [-0.2, 0) is 33.3 Å². The molecule has 2 N–H and O–H groups in total. The van der Waals surface area contributed by atoms with Crippen molar-refractivity contribution in [2.45, 2.75) is 83.8 Å². The first-order chi connectivity index (χ1) is 15.8. The van der Waals surface area contributed by atoms with E-state index < -0.39 is 71.3 Å². The molecule has 34 heavy (non-hydrogen) atoms. The van der Waals surface area contributed by atoms with Gasteiger partial charge in [-0.15, -0.1) is 0 Å². The van der Waals surface area contributed by atoms with Crippen LogP contribution in [0.25, 0.3) is 0 Å². The number of esters is 3. The summed E-state index contributed by atoms with van der Waals surface area (Å²) in [7, 11) is 0. The van der Waals surface area contributed by atoms with Crippen molar-refractivity contribution in [1.29, 1.82) is 0 Å². The third-order valence-corrected chi connectivity index (χ3v) is 8.19. The van der Waals surface area contributed by atoms with Crippen LogP contribution in [0.2, 0.25) is 0 Å². The Bertz CT molecular complexity index is 1010. The number of carbonyl (C=O) groups is 3. The molecule has 2 aliphatic carbocycles. The molecule has 0 amide bonds. The monoisotopic (exact) mass is 476 g/mol. The average Bonchev–Trinajstić information content (AvgIpc) is 3.30. The standard InChI is InChI=1S/C25H32O9/c1-8-10(2)21(28)33-20-18(32-23(30)25(7)13(5)34-25)15-12(4)22(29)31-17(15)16-11(3)9-14(26)19(27)24(16,20)6/h8-9,13-20,26-27H,4H2,1-3,5-7H3. The molecule has 2 aliphatic heterocycles. The minimum atomic E-state index is -1.40. The first-order valence-electron chi connectivity index (χ1n) is 11.5. The zero-order chi connectivity index (χ0) is 25.3. The normalized spacial score (nSPS) is 45.5. The molecule has 0 bridgehead atoms. The van der Waals surface area contributed by atoms with Crippen LogP contribution in [0.4, 0.5) is 0 Å². The van der Waals surface area contributed by atoms with Crippen molar-refractivity contribution < 1.29 is 43.5 Å². The van der Waals surface area contributed by atoms with E-state index in [1.54, 1.807) is 47.6 Å². The molecule has 4 rings (SSSR count). The Morgan fingerprint density at radius 1 is 1.24 bits per heavy atom. The molecule has 0 aromatic carbocycles. The predicted octanol–water partition coefficient (Wildman–Crippen LogP) is 1.37. The van der Waals surface area contributed by atoms with Gasteiger partial charge in [-0.25, -0.2) is 14.4 Å². The molecule has 2 saturated heterocycles. The van der Waals surface area contributed by atoms with E-state index in [-0.39, 0.29) is 11.7 Å². The van der Waals surface area contributed by atoms with Crippen molar-refractivity contribution in [1.82, 2.24) is 0 Å². The average molecular weight is 477 g/mol. The largest absolute Gasteiger partial charge is 0.458 e. The Morgan fingerprint density at radius 2 is 1.85 bits per heavy atom. The number of fused-ring (bicyclic) bond motifs is 3. The van der Waals surface area contributed by atoms with Crippen LogP contribution in [-0.4, -0.2) is 70.3 Å². The van der Waals surface area contributed by atoms with Gasteiger partial charge in [0, 0.05) is 22.5 Å². The predicted molar refractivity (Wildman–Crippen MR) is 118 cm³/mol. The Kier molecular flexibility index (Phi) is 5.82. The molecule has 0 spiro atoms. The van der Waals surface area contributed by atoms with Crippen LogP contribution in [0.1, 0.15) is 41.5 Å². The van der Waals surface area contributed by atoms with E-state index in [0.29, 0.717) is 11.1 Å². The summed E-state index contributed by atoms with van der Waals surface area (Å²) < 4.78 is 22.9. The van der Waals surface area contributed by atoms with Crippen LogP contribution in [0, 0.1) is 17.3 Å². The van der Waals surface area contributed by atoms with Crippen LogP contribution >= 0.6 is 0 Å². The topological polar surface area (TPSA) is 132 Å². The fourth-order valence-corrected chi connectivity index (χ4v) is 5.72. The zero-order valence-corrected chi connectivity index (χ0v) is 20.2. The third kappa shape index (κ3) is 3.36. The van der Waals surface area contributed by atoms with Gasteiger partial charge in [-0.2, -0.15) is 0 Å². The molecule has 9 nitrogen and oxygen atoms in total. The smallest absolute Gasteiger partial charge is 0.341 e. The number of hydrogen-bond acceptors (Lipinski definition) is 9. The second-order valence-electron chi connectivity index (χ2n) is 10.1. The van der Waals surface area contributed by atoms with E-state index in [0.717, 1.165) is 0 Å². The van der Waals surface area contributed by atoms with Gasteiger partial charge in [0.15, 0.2) is 5.60 Å². The van der Waals surface area contributed by atoms with Crippen molar-refractivity contribution >= 4 is 17.9 Å². The van der Waals surface area contributed by atoms with Gasteiger partial charge in [0.2, 0.25) is 0 Å². The summed E-state index contributed by atoms with van der Waals surface area (Å²) in [6.07, 6.45) is -3.20. The summed E-state index contributed by atoms with van der Waals surface area (Å²) in [6.45, 7) is 13.9. The number of allylic oxidation sites excluding steroid dienone is 1. The maximum absolute atomic E-state index is 13.1. The number of epoxide rings is 1. The quantitative estimate of drug-likeness (QED) is 0.203. The van der Waals surface area contributed by atoms with Crippen LogP contribution in [0.15, 0.2) is 35.5 Å². The van der Waals surface area contributed by atoms with Gasteiger partial charge in [-0.05, 0) is 34.6 Å². The third-order valence-electron chi connectivity index (χ3n) is 8.19. The number of aliphatic hydroxyl groups is 2. The summed E-state index contributed by atoms with van der Waals surface area (Å²) in [5, 5.41) is 21.8. The highest BCUT2D eigenvalue weighted by Gasteiger charge is 2.70. The number of ether oxygens (including phenoxy) is 4. The van der Waals surface area contributed by atoms with E-state index in [1.807, 2.05) is 0 Å². The van der Waals surface area contributed by atoms with E-state index in [9.17, 15) is 24.6 Å². The molecular weight excluding hydrogens is 444 g/mol. The molecule has 2 heterocycles. The zero-order valence-electron chi connectivity index (χ0n) is 20.2. The van der Waals surface area contributed by atoms with Crippen molar-refractivity contribution in [2.75, 3.05) is 0 Å². The molecular formula is C25H32O9. The van der Waals surface area contributed by atoms with Gasteiger partial charge >= 0.3 is 17.9 Å². The molecule has 10 unspecified atom stereocenters. The van der Waals surface area contributed by atoms with Gasteiger partial charge < -0.3 is 29.2 Å². The van der Waals surface area contributed by atoms with Gasteiger partial charge in [-0.3, -0.25) is 0 Å². The summed E-state index contributed by atoms with van der Waals surface area (Å²) in [4.78, 5) is 38.6. The summed E-state index contributed by atoms with van der Waals surface area (Å²) in [5.41, 5.74) is -1.45. The van der Waals surface area contributed by atoms with Gasteiger partial charge in [-0.1, -0.05) is 31.2 Å². The number of hydrogen-bond donors (Lipinski definition) is 2. The highest BCUT2D eigenvalue weighted by Crippen LogP contribution is 2.58. The van der Waals surface area contributed by atoms with Gasteiger partial charge in [0.05, 0.1) is 24.2 Å². The summed E-state index contributed by atoms with van der Waals surface area (Å²) >= 11 is 0. The second kappa shape index (κ2) is 8.03. The van der Waals surface area contributed by atoms with E-state index >= 15 is 0 Å². The Labute approximate surface area is 198 Å². The van der Waals surface area contributed by atoms with Crippen LogP contribution in [0.5, 0.6) is 0 Å². The molecule has 0 radical (unpaired) electrons. The lowest BCUT2D eigenvalue weighted by atomic mass is 9.52. The van der Waals surface area contributed by atoms with Crippen molar-refractivity contribution in [3.05, 3.63) is 35.5 Å². The fourth-order valence-electron chi connectivity index (χ4n) is 5.72.